The Morgan fingerprint density at radius 1 is 1.38 bits per heavy atom. The molecule has 2 amide bonds. The molecule has 26 heavy (non-hydrogen) atoms. The van der Waals surface area contributed by atoms with Crippen molar-refractivity contribution in [2.24, 2.45) is 5.41 Å². The van der Waals surface area contributed by atoms with Crippen LogP contribution in [0.3, 0.4) is 0 Å². The van der Waals surface area contributed by atoms with Crippen LogP contribution in [0.2, 0.25) is 0 Å². The first-order chi connectivity index (χ1) is 12.3. The highest BCUT2D eigenvalue weighted by atomic mass is 32.1. The maximum atomic E-state index is 13.0. The number of nitrogens with zero attached hydrogens (tertiary/aromatic N) is 2. The zero-order valence-electron chi connectivity index (χ0n) is 15.5. The Kier molecular flexibility index (Phi) is 5.15. The molecule has 0 spiro atoms. The first kappa shape index (κ1) is 18.6. The zero-order chi connectivity index (χ0) is 18.9. The third kappa shape index (κ3) is 3.52. The van der Waals surface area contributed by atoms with Crippen molar-refractivity contribution < 1.29 is 9.59 Å². The van der Waals surface area contributed by atoms with Crippen LogP contribution < -0.4 is 16.0 Å². The van der Waals surface area contributed by atoms with Crippen LogP contribution in [-0.2, 0) is 17.9 Å². The normalized spacial score (nSPS) is 15.2. The van der Waals surface area contributed by atoms with Crippen LogP contribution in [0, 0.1) is 5.41 Å². The number of carbonyl (C=O) groups is 2. The Hall–Kier alpha value is -2.19. The SMILES string of the molecule is CNC(=O)C(NC(=O)c1nc(-c2cccs2)n2c1CNCC2)C(C)(C)C. The number of thiophene rings is 1. The molecule has 7 nitrogen and oxygen atoms in total. The quantitative estimate of drug-likeness (QED) is 0.757. The van der Waals surface area contributed by atoms with Crippen molar-refractivity contribution in [2.45, 2.75) is 39.9 Å². The van der Waals surface area contributed by atoms with Gasteiger partial charge in [-0.3, -0.25) is 9.59 Å². The molecule has 3 rings (SSSR count). The van der Waals surface area contributed by atoms with Gasteiger partial charge in [-0.2, -0.15) is 0 Å². The van der Waals surface area contributed by atoms with Crippen molar-refractivity contribution in [3.63, 3.8) is 0 Å². The third-order valence-corrected chi connectivity index (χ3v) is 5.35. The van der Waals surface area contributed by atoms with Gasteiger partial charge in [0.25, 0.3) is 5.91 Å². The van der Waals surface area contributed by atoms with Crippen LogP contribution in [0.5, 0.6) is 0 Å². The molecular weight excluding hydrogens is 350 g/mol. The molecule has 3 N–H and O–H groups in total. The highest BCUT2D eigenvalue weighted by molar-refractivity contribution is 7.13. The highest BCUT2D eigenvalue weighted by Gasteiger charge is 2.34. The van der Waals surface area contributed by atoms with Crippen LogP contribution in [0.15, 0.2) is 17.5 Å². The van der Waals surface area contributed by atoms with Gasteiger partial charge in [0, 0.05) is 26.7 Å². The van der Waals surface area contributed by atoms with E-state index in [1.807, 2.05) is 38.3 Å². The van der Waals surface area contributed by atoms with E-state index >= 15 is 0 Å². The number of nitrogens with one attached hydrogen (secondary N) is 3. The van der Waals surface area contributed by atoms with Crippen molar-refractivity contribution in [1.29, 1.82) is 0 Å². The summed E-state index contributed by atoms with van der Waals surface area (Å²) in [7, 11) is 1.57. The molecule has 1 aliphatic heterocycles. The van der Waals surface area contributed by atoms with Gasteiger partial charge in [-0.15, -0.1) is 11.3 Å². The molecule has 2 aromatic rings. The van der Waals surface area contributed by atoms with Crippen LogP contribution in [0.4, 0.5) is 0 Å². The summed E-state index contributed by atoms with van der Waals surface area (Å²) < 4.78 is 2.10. The molecule has 0 saturated carbocycles. The van der Waals surface area contributed by atoms with Crippen LogP contribution in [-0.4, -0.2) is 41.0 Å². The van der Waals surface area contributed by atoms with Gasteiger partial charge >= 0.3 is 0 Å². The highest BCUT2D eigenvalue weighted by Crippen LogP contribution is 2.28. The van der Waals surface area contributed by atoms with E-state index in [9.17, 15) is 9.59 Å². The van der Waals surface area contributed by atoms with Gasteiger partial charge in [0.1, 0.15) is 6.04 Å². The molecule has 1 aliphatic rings. The number of hydrogen-bond acceptors (Lipinski definition) is 5. The standard InChI is InChI=1S/C18H25N5O2S/c1-18(2,3)14(17(25)19-4)22-16(24)13-11-10-20-7-8-23(11)15(21-13)12-6-5-9-26-12/h5-6,9,14,20H,7-8,10H2,1-4H3,(H,19,25)(H,22,24). The number of imidazole rings is 1. The Bertz CT molecular complexity index is 804. The molecule has 3 heterocycles. The second-order valence-electron chi connectivity index (χ2n) is 7.42. The van der Waals surface area contributed by atoms with E-state index in [4.69, 9.17) is 0 Å². The molecule has 1 atom stereocenters. The van der Waals surface area contributed by atoms with Crippen molar-refractivity contribution >= 4 is 23.2 Å². The topological polar surface area (TPSA) is 88.1 Å². The molecule has 0 fully saturated rings. The summed E-state index contributed by atoms with van der Waals surface area (Å²) >= 11 is 1.60. The Morgan fingerprint density at radius 2 is 2.15 bits per heavy atom. The molecule has 0 aromatic carbocycles. The molecule has 0 saturated heterocycles. The number of carbonyl (C=O) groups excluding carboxylic acids is 2. The second kappa shape index (κ2) is 7.20. The van der Waals surface area contributed by atoms with Gasteiger partial charge in [-0.1, -0.05) is 26.8 Å². The van der Waals surface area contributed by atoms with Crippen molar-refractivity contribution in [2.75, 3.05) is 13.6 Å². The van der Waals surface area contributed by atoms with Crippen LogP contribution in [0.1, 0.15) is 37.0 Å². The Balaban J connectivity index is 1.96. The monoisotopic (exact) mass is 375 g/mol. The lowest BCUT2D eigenvalue weighted by Gasteiger charge is -2.29. The summed E-state index contributed by atoms with van der Waals surface area (Å²) in [5.41, 5.74) is 0.838. The van der Waals surface area contributed by atoms with E-state index in [1.165, 1.54) is 0 Å². The maximum Gasteiger partial charge on any atom is 0.272 e. The van der Waals surface area contributed by atoms with E-state index in [0.29, 0.717) is 12.2 Å². The maximum absolute atomic E-state index is 13.0. The summed E-state index contributed by atoms with van der Waals surface area (Å²) in [6, 6.07) is 3.34. The van der Waals surface area contributed by atoms with E-state index in [-0.39, 0.29) is 11.8 Å². The van der Waals surface area contributed by atoms with Crippen LogP contribution in [0.25, 0.3) is 10.7 Å². The summed E-state index contributed by atoms with van der Waals surface area (Å²) in [5.74, 6) is 0.285. The van der Waals surface area contributed by atoms with Gasteiger partial charge in [0.05, 0.1) is 10.6 Å². The lowest BCUT2D eigenvalue weighted by molar-refractivity contribution is -0.124. The number of amides is 2. The van der Waals surface area contributed by atoms with E-state index in [2.05, 4.69) is 25.5 Å². The first-order valence-corrected chi connectivity index (χ1v) is 9.57. The van der Waals surface area contributed by atoms with Gasteiger partial charge in [-0.05, 0) is 16.9 Å². The number of fused-ring (bicyclic) bond motifs is 1. The third-order valence-electron chi connectivity index (χ3n) is 4.48. The average molecular weight is 375 g/mol. The lowest BCUT2D eigenvalue weighted by Crippen LogP contribution is -2.53. The van der Waals surface area contributed by atoms with E-state index in [0.717, 1.165) is 29.5 Å². The van der Waals surface area contributed by atoms with E-state index < -0.39 is 11.5 Å². The van der Waals surface area contributed by atoms with Crippen LogP contribution >= 0.6 is 11.3 Å². The number of rotatable bonds is 4. The Morgan fingerprint density at radius 3 is 2.77 bits per heavy atom. The second-order valence-corrected chi connectivity index (χ2v) is 8.37. The van der Waals surface area contributed by atoms with Crippen molar-refractivity contribution in [1.82, 2.24) is 25.5 Å². The molecule has 8 heteroatoms. The zero-order valence-corrected chi connectivity index (χ0v) is 16.4. The molecule has 0 bridgehead atoms. The van der Waals surface area contributed by atoms with E-state index in [1.54, 1.807) is 18.4 Å². The molecule has 140 valence electrons. The first-order valence-electron chi connectivity index (χ1n) is 8.69. The fourth-order valence-electron chi connectivity index (χ4n) is 3.10. The van der Waals surface area contributed by atoms with Gasteiger partial charge in [0.15, 0.2) is 11.5 Å². The smallest absolute Gasteiger partial charge is 0.272 e. The average Bonchev–Trinajstić information content (AvgIpc) is 3.25. The van der Waals surface area contributed by atoms with Gasteiger partial charge in [-0.25, -0.2) is 4.98 Å². The lowest BCUT2D eigenvalue weighted by atomic mass is 9.86. The van der Waals surface area contributed by atoms with Crippen molar-refractivity contribution in [3.05, 3.63) is 28.9 Å². The predicted molar refractivity (Wildman–Crippen MR) is 102 cm³/mol. The summed E-state index contributed by atoms with van der Waals surface area (Å²) in [4.78, 5) is 30.9. The molecule has 2 aromatic heterocycles. The Labute approximate surface area is 157 Å². The summed E-state index contributed by atoms with van der Waals surface area (Å²) in [5, 5.41) is 10.8. The summed E-state index contributed by atoms with van der Waals surface area (Å²) in [6.07, 6.45) is 0. The molecular formula is C18H25N5O2S. The number of aromatic nitrogens is 2. The molecule has 0 radical (unpaired) electrons. The molecule has 0 aliphatic carbocycles. The predicted octanol–water partition coefficient (Wildman–Crippen LogP) is 1.61. The van der Waals surface area contributed by atoms with Gasteiger partial charge in [0.2, 0.25) is 5.91 Å². The summed E-state index contributed by atoms with van der Waals surface area (Å²) in [6.45, 7) is 7.96. The van der Waals surface area contributed by atoms with Gasteiger partial charge < -0.3 is 20.5 Å². The largest absolute Gasteiger partial charge is 0.357 e. The molecule has 1 unspecified atom stereocenters. The minimum atomic E-state index is -0.640. The minimum Gasteiger partial charge on any atom is -0.357 e. The fraction of sp³-hybridized carbons (Fsp3) is 0.500. The van der Waals surface area contributed by atoms with Crippen molar-refractivity contribution in [3.8, 4) is 10.7 Å². The minimum absolute atomic E-state index is 0.212. The number of likely N-dealkylation sites (N-methyl/N-ethyl adjacent to an activating group) is 1. The number of hydrogen-bond donors (Lipinski definition) is 3. The fourth-order valence-corrected chi connectivity index (χ4v) is 3.82.